The van der Waals surface area contributed by atoms with Crippen LogP contribution in [0.15, 0.2) is 53.5 Å². The highest BCUT2D eigenvalue weighted by Crippen LogP contribution is 2.66. The number of hydrogen-bond donors (Lipinski definition) is 1. The molecular weight excluding hydrogens is 726 g/mol. The molecule has 4 aliphatic carbocycles. The summed E-state index contributed by atoms with van der Waals surface area (Å²) in [6.45, 7) is 6.52. The molecule has 1 saturated heterocycles. The molecule has 57 heavy (non-hydrogen) atoms. The number of amides is 2. The summed E-state index contributed by atoms with van der Waals surface area (Å²) in [4.78, 5) is 54.6. The van der Waals surface area contributed by atoms with Crippen LogP contribution in [0.3, 0.4) is 0 Å². The van der Waals surface area contributed by atoms with Crippen LogP contribution in [-0.2, 0) is 33.9 Å². The van der Waals surface area contributed by atoms with E-state index in [0.29, 0.717) is 88.7 Å². The molecule has 0 bridgehead atoms. The van der Waals surface area contributed by atoms with Gasteiger partial charge in [0.15, 0.2) is 0 Å². The number of nitrogens with zero attached hydrogens (tertiary/aromatic N) is 6. The molecule has 13 heteroatoms. The highest BCUT2D eigenvalue weighted by Gasteiger charge is 2.60. The Balaban J connectivity index is 0.764. The smallest absolute Gasteiger partial charge is 0.272 e. The number of piperazine rings is 1. The number of Topliss-reactive ketones (excluding diaryl/α,β-unsaturated/α-hetero) is 1. The van der Waals surface area contributed by atoms with Crippen LogP contribution in [0.4, 0.5) is 4.39 Å². The van der Waals surface area contributed by atoms with Crippen LogP contribution in [0.1, 0.15) is 98.9 Å². The molecule has 300 valence electrons. The normalized spacial score (nSPS) is 29.9. The Labute approximate surface area is 331 Å². The number of fused-ring (bicyclic) bond motifs is 6. The molecule has 1 aliphatic heterocycles. The van der Waals surface area contributed by atoms with Gasteiger partial charge in [-0.05, 0) is 103 Å². The number of benzene rings is 2. The van der Waals surface area contributed by atoms with Crippen molar-refractivity contribution in [3.63, 3.8) is 0 Å². The minimum absolute atomic E-state index is 0.0305. The number of carbonyl (C=O) groups excluding carboxylic acids is 3. The fourth-order valence-corrected chi connectivity index (χ4v) is 11.9. The van der Waals surface area contributed by atoms with Gasteiger partial charge in [-0.2, -0.15) is 5.10 Å². The number of carbonyl (C=O) groups is 3. The minimum atomic E-state index is -0.614. The molecule has 0 spiro atoms. The summed E-state index contributed by atoms with van der Waals surface area (Å²) < 4.78 is 23.2. The topological polar surface area (TPSA) is 143 Å². The van der Waals surface area contributed by atoms with Gasteiger partial charge in [-0.3, -0.25) is 19.2 Å². The van der Waals surface area contributed by atoms with Crippen LogP contribution >= 0.6 is 0 Å². The van der Waals surface area contributed by atoms with Crippen molar-refractivity contribution in [3.8, 4) is 0 Å². The number of aromatic nitrogens is 5. The molecule has 4 saturated carbocycles. The number of rotatable bonds is 8. The Kier molecular flexibility index (Phi) is 9.85. The Morgan fingerprint density at radius 3 is 2.51 bits per heavy atom. The van der Waals surface area contributed by atoms with Crippen molar-refractivity contribution in [1.82, 2.24) is 35.0 Å². The summed E-state index contributed by atoms with van der Waals surface area (Å²) in [5.41, 5.74) is 2.14. The Morgan fingerprint density at radius 2 is 1.68 bits per heavy atom. The zero-order valence-corrected chi connectivity index (χ0v) is 32.9. The quantitative estimate of drug-likeness (QED) is 0.239. The average Bonchev–Trinajstić information content (AvgIpc) is 3.81. The lowest BCUT2D eigenvalue weighted by atomic mass is 9.45. The maximum absolute atomic E-state index is 15.0. The number of hydrogen-bond acceptors (Lipinski definition) is 8. The maximum Gasteiger partial charge on any atom is 0.272 e. The molecular formula is C44H52FN7O5. The van der Waals surface area contributed by atoms with Gasteiger partial charge in [0.25, 0.3) is 11.5 Å². The Hall–Kier alpha value is -4.78. The largest absolute Gasteiger partial charge is 0.371 e. The summed E-state index contributed by atoms with van der Waals surface area (Å²) in [6.07, 6.45) is 11.9. The van der Waals surface area contributed by atoms with E-state index >= 15 is 4.39 Å². The molecule has 9 rings (SSSR count). The van der Waals surface area contributed by atoms with Crippen LogP contribution in [-0.4, -0.2) is 84.9 Å². The van der Waals surface area contributed by atoms with Gasteiger partial charge < -0.3 is 14.5 Å². The SMILES string of the molecule is C[C@]12CCC(=O)C[C@@H]1CC[C@@H]1[C@@H]2CC[C@]2(C)[C@@H](OCc3cn(CC(=O)N4CCN(C(=O)c5cc(Cc6n[nH]c(=O)c7ccccc67)ccc5F)CC4)nn3)CC[C@@H]12. The number of ether oxygens (including phenoxy) is 1. The molecule has 2 amide bonds. The van der Waals surface area contributed by atoms with Crippen molar-refractivity contribution in [2.75, 3.05) is 26.2 Å². The summed E-state index contributed by atoms with van der Waals surface area (Å²) in [6, 6.07) is 11.6. The number of H-pyrrole nitrogens is 1. The van der Waals surface area contributed by atoms with Crippen molar-refractivity contribution in [2.24, 2.45) is 34.5 Å². The minimum Gasteiger partial charge on any atom is -0.371 e. The second kappa shape index (κ2) is 14.9. The van der Waals surface area contributed by atoms with E-state index in [1.54, 1.807) is 44.9 Å². The van der Waals surface area contributed by atoms with Crippen LogP contribution in [0, 0.1) is 40.3 Å². The van der Waals surface area contributed by atoms with Gasteiger partial charge in [0, 0.05) is 50.8 Å². The number of aromatic amines is 1. The zero-order chi connectivity index (χ0) is 39.5. The predicted molar refractivity (Wildman–Crippen MR) is 209 cm³/mol. The lowest BCUT2D eigenvalue weighted by molar-refractivity contribution is -0.146. The maximum atomic E-state index is 15.0. The summed E-state index contributed by atoms with van der Waals surface area (Å²) in [5.74, 6) is 1.93. The number of nitrogens with one attached hydrogen (secondary N) is 1. The molecule has 2 aromatic heterocycles. The molecule has 7 atom stereocenters. The van der Waals surface area contributed by atoms with Crippen molar-refractivity contribution < 1.29 is 23.5 Å². The highest BCUT2D eigenvalue weighted by molar-refractivity contribution is 5.95. The fourth-order valence-electron chi connectivity index (χ4n) is 11.9. The first-order chi connectivity index (χ1) is 27.5. The molecule has 4 aromatic rings. The van der Waals surface area contributed by atoms with E-state index in [4.69, 9.17) is 4.74 Å². The van der Waals surface area contributed by atoms with Gasteiger partial charge in [0.1, 0.15) is 23.8 Å². The summed E-state index contributed by atoms with van der Waals surface area (Å²) in [7, 11) is 0. The molecule has 0 radical (unpaired) electrons. The second-order valence-corrected chi connectivity index (χ2v) is 17.9. The lowest BCUT2D eigenvalue weighted by Crippen LogP contribution is -2.54. The molecule has 5 fully saturated rings. The van der Waals surface area contributed by atoms with E-state index in [-0.39, 0.29) is 48.2 Å². The van der Waals surface area contributed by atoms with E-state index < -0.39 is 11.7 Å². The third-order valence-corrected chi connectivity index (χ3v) is 15.0. The molecule has 5 aliphatic rings. The monoisotopic (exact) mass is 777 g/mol. The van der Waals surface area contributed by atoms with Gasteiger partial charge >= 0.3 is 0 Å². The van der Waals surface area contributed by atoms with Crippen molar-refractivity contribution in [1.29, 1.82) is 0 Å². The van der Waals surface area contributed by atoms with Gasteiger partial charge in [0.2, 0.25) is 5.91 Å². The fraction of sp³-hybridized carbons (Fsp3) is 0.568. The average molecular weight is 778 g/mol. The molecule has 2 aromatic carbocycles. The van der Waals surface area contributed by atoms with Crippen LogP contribution in [0.5, 0.6) is 0 Å². The summed E-state index contributed by atoms with van der Waals surface area (Å²) in [5, 5.41) is 16.5. The van der Waals surface area contributed by atoms with E-state index in [0.717, 1.165) is 32.1 Å². The predicted octanol–water partition coefficient (Wildman–Crippen LogP) is 5.73. The molecule has 12 nitrogen and oxygen atoms in total. The highest BCUT2D eigenvalue weighted by atomic mass is 19.1. The van der Waals surface area contributed by atoms with Crippen molar-refractivity contribution >= 4 is 28.4 Å². The van der Waals surface area contributed by atoms with Crippen molar-refractivity contribution in [3.05, 3.63) is 87.3 Å². The molecule has 0 unspecified atom stereocenters. The first-order valence-electron chi connectivity index (χ1n) is 20.8. The van der Waals surface area contributed by atoms with Gasteiger partial charge in [0.05, 0.1) is 35.6 Å². The van der Waals surface area contributed by atoms with Crippen molar-refractivity contribution in [2.45, 2.75) is 97.3 Å². The van der Waals surface area contributed by atoms with E-state index in [1.165, 1.54) is 31.7 Å². The first kappa shape index (κ1) is 37.8. The van der Waals surface area contributed by atoms with E-state index in [1.807, 2.05) is 12.1 Å². The molecule has 3 heterocycles. The molecule has 1 N–H and O–H groups in total. The van der Waals surface area contributed by atoms with Gasteiger partial charge in [-0.25, -0.2) is 14.2 Å². The lowest BCUT2D eigenvalue weighted by Gasteiger charge is -2.60. The van der Waals surface area contributed by atoms with Crippen LogP contribution in [0.25, 0.3) is 10.8 Å². The Morgan fingerprint density at radius 1 is 0.912 bits per heavy atom. The van der Waals surface area contributed by atoms with Crippen LogP contribution in [0.2, 0.25) is 0 Å². The van der Waals surface area contributed by atoms with E-state index in [9.17, 15) is 19.2 Å². The zero-order valence-electron chi connectivity index (χ0n) is 32.9. The first-order valence-corrected chi connectivity index (χ1v) is 20.8. The Bertz CT molecular complexity index is 2270. The number of ketones is 1. The van der Waals surface area contributed by atoms with Gasteiger partial charge in [-0.1, -0.05) is 43.3 Å². The standard InChI is InChI=1S/C44H52FN7O5/c1-43-15-13-30(53)23-28(43)8-9-33-35-10-12-39(44(35,2)16-14-36(33)43)57-26-29-24-52(49-46-29)25-40(54)50-17-19-51(20-18-50)42(56)34-21-27(7-11-37(34)45)22-38-31-5-3-4-6-32(31)41(55)48-47-38/h3-7,11,21,24,28,33,35-36,39H,8-10,12-20,22-23,25-26H2,1-2H3,(H,48,55)/t28-,33-,35-,36-,39-,43-,44-/m0/s1. The second-order valence-electron chi connectivity index (χ2n) is 17.9. The summed E-state index contributed by atoms with van der Waals surface area (Å²) >= 11 is 0. The van der Waals surface area contributed by atoms with Gasteiger partial charge in [-0.15, -0.1) is 5.10 Å². The number of halogens is 1. The van der Waals surface area contributed by atoms with Crippen LogP contribution < -0.4 is 5.56 Å². The third-order valence-electron chi connectivity index (χ3n) is 15.0. The third kappa shape index (κ3) is 6.89. The van der Waals surface area contributed by atoms with E-state index in [2.05, 4.69) is 34.4 Å².